The second kappa shape index (κ2) is 7.38. The van der Waals surface area contributed by atoms with Gasteiger partial charge in [-0.15, -0.1) is 6.58 Å². The molecule has 1 aromatic carbocycles. The largest absolute Gasteiger partial charge is 0.494 e. The molecule has 104 valence electrons. The first-order chi connectivity index (χ1) is 9.12. The minimum Gasteiger partial charge on any atom is -0.494 e. The molecule has 6 heteroatoms. The van der Waals surface area contributed by atoms with Crippen molar-refractivity contribution < 1.29 is 19.0 Å². The van der Waals surface area contributed by atoms with Crippen molar-refractivity contribution in [2.45, 2.75) is 0 Å². The Morgan fingerprint density at radius 2 is 2.37 bits per heavy atom. The average molecular weight is 268 g/mol. The lowest BCUT2D eigenvalue weighted by atomic mass is 10.3. The van der Waals surface area contributed by atoms with E-state index in [2.05, 4.69) is 11.9 Å². The number of methoxy groups -OCH3 is 1. The summed E-state index contributed by atoms with van der Waals surface area (Å²) in [6, 6.07) is 3.40. The van der Waals surface area contributed by atoms with Crippen LogP contribution in [0.5, 0.6) is 5.75 Å². The van der Waals surface area contributed by atoms with Crippen molar-refractivity contribution in [3.05, 3.63) is 36.7 Å². The molecule has 0 bridgehead atoms. The third-order valence-electron chi connectivity index (χ3n) is 2.41. The van der Waals surface area contributed by atoms with Crippen LogP contribution in [0.25, 0.3) is 0 Å². The molecule has 0 aliphatic carbocycles. The van der Waals surface area contributed by atoms with Gasteiger partial charge in [-0.25, -0.2) is 9.18 Å². The Kier molecular flexibility index (Phi) is 5.81. The van der Waals surface area contributed by atoms with Gasteiger partial charge in [-0.2, -0.15) is 0 Å². The minimum atomic E-state index is -0.451. The highest BCUT2D eigenvalue weighted by Gasteiger charge is 2.14. The number of urea groups is 1. The molecule has 19 heavy (non-hydrogen) atoms. The monoisotopic (exact) mass is 268 g/mol. The van der Waals surface area contributed by atoms with Gasteiger partial charge >= 0.3 is 6.03 Å². The van der Waals surface area contributed by atoms with E-state index < -0.39 is 11.8 Å². The SMILES string of the molecule is C=CCN(CCO)C(=O)Nc1ccc(F)cc1OC. The molecule has 5 nitrogen and oxygen atoms in total. The number of ether oxygens (including phenoxy) is 1. The highest BCUT2D eigenvalue weighted by molar-refractivity contribution is 5.91. The van der Waals surface area contributed by atoms with E-state index in [-0.39, 0.29) is 18.9 Å². The van der Waals surface area contributed by atoms with E-state index in [4.69, 9.17) is 9.84 Å². The van der Waals surface area contributed by atoms with Crippen LogP contribution in [0.4, 0.5) is 14.9 Å². The predicted octanol–water partition coefficient (Wildman–Crippen LogP) is 1.85. The number of nitrogens with zero attached hydrogens (tertiary/aromatic N) is 1. The van der Waals surface area contributed by atoms with E-state index in [1.807, 2.05) is 0 Å². The molecule has 0 heterocycles. The van der Waals surface area contributed by atoms with E-state index in [0.29, 0.717) is 12.2 Å². The summed E-state index contributed by atoms with van der Waals surface area (Å²) in [4.78, 5) is 13.3. The van der Waals surface area contributed by atoms with Crippen molar-refractivity contribution in [3.8, 4) is 5.75 Å². The smallest absolute Gasteiger partial charge is 0.322 e. The number of aliphatic hydroxyl groups excluding tert-OH is 1. The first-order valence-electron chi connectivity index (χ1n) is 5.73. The molecule has 0 saturated carbocycles. The Bertz CT molecular complexity index is 452. The Morgan fingerprint density at radius 1 is 1.63 bits per heavy atom. The average Bonchev–Trinajstić information content (AvgIpc) is 2.40. The lowest BCUT2D eigenvalue weighted by Crippen LogP contribution is -2.37. The summed E-state index contributed by atoms with van der Waals surface area (Å²) in [5, 5.41) is 11.5. The summed E-state index contributed by atoms with van der Waals surface area (Å²) in [7, 11) is 1.39. The number of hydrogen-bond donors (Lipinski definition) is 2. The molecular weight excluding hydrogens is 251 g/mol. The van der Waals surface area contributed by atoms with E-state index in [1.165, 1.54) is 30.2 Å². The maximum absolute atomic E-state index is 13.0. The first-order valence-corrected chi connectivity index (χ1v) is 5.73. The van der Waals surface area contributed by atoms with Crippen LogP contribution in [0.2, 0.25) is 0 Å². The van der Waals surface area contributed by atoms with E-state index >= 15 is 0 Å². The van der Waals surface area contributed by atoms with Gasteiger partial charge in [0.1, 0.15) is 11.6 Å². The van der Waals surface area contributed by atoms with Crippen LogP contribution >= 0.6 is 0 Å². The quantitative estimate of drug-likeness (QED) is 0.774. The van der Waals surface area contributed by atoms with Crippen LogP contribution < -0.4 is 10.1 Å². The molecule has 0 atom stereocenters. The summed E-state index contributed by atoms with van der Waals surface area (Å²) >= 11 is 0. The van der Waals surface area contributed by atoms with Gasteiger partial charge in [0.05, 0.1) is 19.4 Å². The zero-order valence-corrected chi connectivity index (χ0v) is 10.7. The number of nitrogens with one attached hydrogen (secondary N) is 1. The van der Waals surface area contributed by atoms with Crippen LogP contribution in [0.3, 0.4) is 0 Å². The first kappa shape index (κ1) is 15.0. The number of anilines is 1. The zero-order valence-electron chi connectivity index (χ0n) is 10.7. The van der Waals surface area contributed by atoms with Gasteiger partial charge in [0.2, 0.25) is 0 Å². The molecule has 0 unspecified atom stereocenters. The van der Waals surface area contributed by atoms with Gasteiger partial charge in [-0.3, -0.25) is 0 Å². The van der Waals surface area contributed by atoms with E-state index in [9.17, 15) is 9.18 Å². The van der Waals surface area contributed by atoms with Crippen LogP contribution in [-0.4, -0.2) is 42.8 Å². The highest BCUT2D eigenvalue weighted by atomic mass is 19.1. The second-order valence-corrected chi connectivity index (χ2v) is 3.73. The van der Waals surface area contributed by atoms with Crippen molar-refractivity contribution in [1.82, 2.24) is 4.90 Å². The van der Waals surface area contributed by atoms with E-state index in [0.717, 1.165) is 0 Å². The summed E-state index contributed by atoms with van der Waals surface area (Å²) < 4.78 is 18.0. The van der Waals surface area contributed by atoms with Crippen molar-refractivity contribution in [3.63, 3.8) is 0 Å². The summed E-state index contributed by atoms with van der Waals surface area (Å²) in [5.41, 5.74) is 0.362. The minimum absolute atomic E-state index is 0.151. The van der Waals surface area contributed by atoms with Crippen LogP contribution in [0.1, 0.15) is 0 Å². The van der Waals surface area contributed by atoms with Crippen LogP contribution in [-0.2, 0) is 0 Å². The highest BCUT2D eigenvalue weighted by Crippen LogP contribution is 2.25. The number of aliphatic hydroxyl groups is 1. The predicted molar refractivity (Wildman–Crippen MR) is 70.8 cm³/mol. The van der Waals surface area contributed by atoms with Gasteiger partial charge in [0.25, 0.3) is 0 Å². The lowest BCUT2D eigenvalue weighted by molar-refractivity contribution is 0.195. The van der Waals surface area contributed by atoms with Crippen LogP contribution in [0.15, 0.2) is 30.9 Å². The Hall–Kier alpha value is -2.08. The third kappa shape index (κ3) is 4.26. The molecule has 0 aliphatic heterocycles. The number of carbonyl (C=O) groups is 1. The number of hydrogen-bond acceptors (Lipinski definition) is 3. The van der Waals surface area contributed by atoms with E-state index in [1.54, 1.807) is 6.08 Å². The van der Waals surface area contributed by atoms with Crippen molar-refractivity contribution in [2.75, 3.05) is 32.1 Å². The maximum atomic E-state index is 13.0. The maximum Gasteiger partial charge on any atom is 0.322 e. The Balaban J connectivity index is 2.82. The number of rotatable bonds is 6. The van der Waals surface area contributed by atoms with Gasteiger partial charge in [-0.1, -0.05) is 6.08 Å². The number of halogens is 1. The molecule has 0 aliphatic rings. The fourth-order valence-electron chi connectivity index (χ4n) is 1.51. The molecule has 0 spiro atoms. The van der Waals surface area contributed by atoms with Crippen molar-refractivity contribution >= 4 is 11.7 Å². The standard InChI is InChI=1S/C13H17FN2O3/c1-3-6-16(7-8-17)13(18)15-11-5-4-10(14)9-12(11)19-2/h3-5,9,17H,1,6-8H2,2H3,(H,15,18). The molecule has 0 saturated heterocycles. The molecule has 0 radical (unpaired) electrons. The Morgan fingerprint density at radius 3 is 2.95 bits per heavy atom. The third-order valence-corrected chi connectivity index (χ3v) is 2.41. The van der Waals surface area contributed by atoms with Gasteiger partial charge in [0.15, 0.2) is 0 Å². The van der Waals surface area contributed by atoms with Crippen molar-refractivity contribution in [2.24, 2.45) is 0 Å². The summed E-state index contributed by atoms with van der Waals surface area (Å²) in [6.07, 6.45) is 1.55. The fraction of sp³-hybridized carbons (Fsp3) is 0.308. The number of carbonyl (C=O) groups excluding carboxylic acids is 1. The van der Waals surface area contributed by atoms with Gasteiger partial charge in [0, 0.05) is 19.2 Å². The molecule has 2 N–H and O–H groups in total. The molecule has 0 aromatic heterocycles. The molecule has 0 fully saturated rings. The number of benzene rings is 1. The Labute approximate surface area is 111 Å². The topological polar surface area (TPSA) is 61.8 Å². The van der Waals surface area contributed by atoms with Gasteiger partial charge < -0.3 is 20.1 Å². The molecule has 2 amide bonds. The normalized spacial score (nSPS) is 9.84. The zero-order chi connectivity index (χ0) is 14.3. The molecule has 1 aromatic rings. The second-order valence-electron chi connectivity index (χ2n) is 3.73. The molecule has 1 rings (SSSR count). The lowest BCUT2D eigenvalue weighted by Gasteiger charge is -2.21. The number of amides is 2. The summed E-state index contributed by atoms with van der Waals surface area (Å²) in [6.45, 7) is 3.87. The summed E-state index contributed by atoms with van der Waals surface area (Å²) in [5.74, 6) is -0.218. The van der Waals surface area contributed by atoms with Gasteiger partial charge in [-0.05, 0) is 12.1 Å². The molecular formula is C13H17FN2O3. The van der Waals surface area contributed by atoms with Crippen molar-refractivity contribution in [1.29, 1.82) is 0 Å². The fourth-order valence-corrected chi connectivity index (χ4v) is 1.51. The van der Waals surface area contributed by atoms with Crippen LogP contribution in [0, 0.1) is 5.82 Å².